The minimum absolute atomic E-state index is 0.0929. The van der Waals surface area contributed by atoms with Crippen molar-refractivity contribution in [2.24, 2.45) is 5.41 Å². The molecule has 0 aromatic carbocycles. The third kappa shape index (κ3) is 5.30. The molecular weight excluding hydrogens is 246 g/mol. The molecular formula is C13H23N3O3. The second-order valence-electron chi connectivity index (χ2n) is 5.04. The average molecular weight is 269 g/mol. The standard InChI is InChI=1S/C13H23N3O3/c1-13(2,6-7-17-3)9-14-12-15-10(18-4)8-11(16-12)19-5/h8H,6-7,9H2,1-5H3,(H,14,15,16). The second-order valence-corrected chi connectivity index (χ2v) is 5.04. The van der Waals surface area contributed by atoms with E-state index in [4.69, 9.17) is 14.2 Å². The third-order valence-electron chi connectivity index (χ3n) is 2.81. The molecule has 0 aliphatic heterocycles. The summed E-state index contributed by atoms with van der Waals surface area (Å²) in [5.74, 6) is 1.45. The lowest BCUT2D eigenvalue weighted by molar-refractivity contribution is 0.157. The van der Waals surface area contributed by atoms with Gasteiger partial charge in [0.2, 0.25) is 17.7 Å². The molecule has 0 saturated heterocycles. The van der Waals surface area contributed by atoms with Crippen LogP contribution in [0.5, 0.6) is 11.8 Å². The molecule has 0 aliphatic rings. The Morgan fingerprint density at radius 2 is 1.68 bits per heavy atom. The Morgan fingerprint density at radius 3 is 2.16 bits per heavy atom. The first-order valence-corrected chi connectivity index (χ1v) is 6.20. The highest BCUT2D eigenvalue weighted by molar-refractivity contribution is 5.33. The Balaban J connectivity index is 2.66. The summed E-state index contributed by atoms with van der Waals surface area (Å²) in [7, 11) is 4.84. The fourth-order valence-corrected chi connectivity index (χ4v) is 1.48. The van der Waals surface area contributed by atoms with E-state index in [2.05, 4.69) is 29.1 Å². The van der Waals surface area contributed by atoms with E-state index in [1.807, 2.05) is 0 Å². The van der Waals surface area contributed by atoms with Crippen molar-refractivity contribution in [1.82, 2.24) is 9.97 Å². The smallest absolute Gasteiger partial charge is 0.229 e. The van der Waals surface area contributed by atoms with Gasteiger partial charge in [-0.3, -0.25) is 0 Å². The molecule has 1 rings (SSSR count). The van der Waals surface area contributed by atoms with E-state index in [-0.39, 0.29) is 5.41 Å². The zero-order valence-electron chi connectivity index (χ0n) is 12.3. The number of hydrogen-bond donors (Lipinski definition) is 1. The van der Waals surface area contributed by atoms with Gasteiger partial charge in [0, 0.05) is 20.3 Å². The van der Waals surface area contributed by atoms with Crippen molar-refractivity contribution in [2.75, 3.05) is 39.8 Å². The van der Waals surface area contributed by atoms with E-state index in [0.29, 0.717) is 17.7 Å². The summed E-state index contributed by atoms with van der Waals surface area (Å²) >= 11 is 0. The Hall–Kier alpha value is -1.56. The van der Waals surface area contributed by atoms with E-state index in [9.17, 15) is 0 Å². The van der Waals surface area contributed by atoms with Crippen LogP contribution in [0.4, 0.5) is 5.95 Å². The summed E-state index contributed by atoms with van der Waals surface area (Å²) in [6.07, 6.45) is 0.956. The van der Waals surface area contributed by atoms with Crippen LogP contribution in [-0.4, -0.2) is 44.4 Å². The van der Waals surface area contributed by atoms with Crippen LogP contribution in [0.25, 0.3) is 0 Å². The van der Waals surface area contributed by atoms with Gasteiger partial charge < -0.3 is 19.5 Å². The van der Waals surface area contributed by atoms with Crippen molar-refractivity contribution >= 4 is 5.95 Å². The predicted molar refractivity (Wildman–Crippen MR) is 73.9 cm³/mol. The molecule has 6 heteroatoms. The van der Waals surface area contributed by atoms with Gasteiger partial charge in [-0.1, -0.05) is 13.8 Å². The second kappa shape index (κ2) is 7.13. The van der Waals surface area contributed by atoms with Crippen LogP contribution in [0.1, 0.15) is 20.3 Å². The highest BCUT2D eigenvalue weighted by Crippen LogP contribution is 2.22. The van der Waals surface area contributed by atoms with Crippen LogP contribution >= 0.6 is 0 Å². The number of nitrogens with zero attached hydrogens (tertiary/aromatic N) is 2. The third-order valence-corrected chi connectivity index (χ3v) is 2.81. The van der Waals surface area contributed by atoms with Crippen molar-refractivity contribution in [3.8, 4) is 11.8 Å². The summed E-state index contributed by atoms with van der Waals surface area (Å²) in [5.41, 5.74) is 0.0929. The quantitative estimate of drug-likeness (QED) is 0.778. The number of methoxy groups -OCH3 is 3. The molecule has 0 saturated carbocycles. The normalized spacial score (nSPS) is 11.2. The van der Waals surface area contributed by atoms with Gasteiger partial charge in [-0.2, -0.15) is 9.97 Å². The van der Waals surface area contributed by atoms with Gasteiger partial charge in [0.25, 0.3) is 0 Å². The topological polar surface area (TPSA) is 65.5 Å². The monoisotopic (exact) mass is 269 g/mol. The van der Waals surface area contributed by atoms with E-state index in [1.54, 1.807) is 27.4 Å². The molecule has 1 aromatic rings. The van der Waals surface area contributed by atoms with Crippen LogP contribution in [0, 0.1) is 5.41 Å². The van der Waals surface area contributed by atoms with E-state index < -0.39 is 0 Å². The van der Waals surface area contributed by atoms with Crippen LogP contribution < -0.4 is 14.8 Å². The maximum absolute atomic E-state index is 5.10. The van der Waals surface area contributed by atoms with Crippen LogP contribution in [-0.2, 0) is 4.74 Å². The molecule has 1 heterocycles. The summed E-state index contributed by atoms with van der Waals surface area (Å²) in [4.78, 5) is 8.46. The van der Waals surface area contributed by atoms with E-state index in [1.165, 1.54) is 0 Å². The van der Waals surface area contributed by atoms with Gasteiger partial charge in [0.1, 0.15) is 0 Å². The van der Waals surface area contributed by atoms with Crippen LogP contribution in [0.2, 0.25) is 0 Å². The first kappa shape index (κ1) is 15.5. The van der Waals surface area contributed by atoms with Gasteiger partial charge in [0.15, 0.2) is 0 Å². The summed E-state index contributed by atoms with van der Waals surface area (Å²) < 4.78 is 15.3. The number of nitrogens with one attached hydrogen (secondary N) is 1. The maximum atomic E-state index is 5.10. The Morgan fingerprint density at radius 1 is 1.11 bits per heavy atom. The average Bonchev–Trinajstić information content (AvgIpc) is 2.42. The maximum Gasteiger partial charge on any atom is 0.229 e. The van der Waals surface area contributed by atoms with E-state index >= 15 is 0 Å². The molecule has 0 atom stereocenters. The molecule has 19 heavy (non-hydrogen) atoms. The Labute approximate surface area is 114 Å². The first-order valence-electron chi connectivity index (χ1n) is 6.20. The molecule has 0 bridgehead atoms. The highest BCUT2D eigenvalue weighted by atomic mass is 16.5. The van der Waals surface area contributed by atoms with Gasteiger partial charge in [-0.25, -0.2) is 0 Å². The molecule has 0 spiro atoms. The first-order chi connectivity index (χ1) is 9.00. The largest absolute Gasteiger partial charge is 0.481 e. The Kier molecular flexibility index (Phi) is 5.82. The Bertz CT molecular complexity index is 374. The molecule has 0 radical (unpaired) electrons. The highest BCUT2D eigenvalue weighted by Gasteiger charge is 2.18. The molecule has 0 aliphatic carbocycles. The predicted octanol–water partition coefficient (Wildman–Crippen LogP) is 1.97. The molecule has 6 nitrogen and oxygen atoms in total. The van der Waals surface area contributed by atoms with Crippen molar-refractivity contribution in [3.63, 3.8) is 0 Å². The van der Waals surface area contributed by atoms with Crippen molar-refractivity contribution in [2.45, 2.75) is 20.3 Å². The number of rotatable bonds is 8. The lowest BCUT2D eigenvalue weighted by atomic mass is 9.90. The fourth-order valence-electron chi connectivity index (χ4n) is 1.48. The fraction of sp³-hybridized carbons (Fsp3) is 0.692. The molecule has 0 unspecified atom stereocenters. The van der Waals surface area contributed by atoms with Gasteiger partial charge in [-0.15, -0.1) is 0 Å². The molecule has 108 valence electrons. The van der Waals surface area contributed by atoms with Gasteiger partial charge >= 0.3 is 0 Å². The zero-order valence-corrected chi connectivity index (χ0v) is 12.3. The number of anilines is 1. The van der Waals surface area contributed by atoms with Gasteiger partial charge in [-0.05, 0) is 11.8 Å². The molecule has 1 N–H and O–H groups in total. The summed E-state index contributed by atoms with van der Waals surface area (Å²) in [6, 6.07) is 1.64. The number of ether oxygens (including phenoxy) is 3. The number of hydrogen-bond acceptors (Lipinski definition) is 6. The lowest BCUT2D eigenvalue weighted by Crippen LogP contribution is -2.25. The minimum atomic E-state index is 0.0929. The summed E-state index contributed by atoms with van der Waals surface area (Å²) in [6.45, 7) is 5.80. The number of aromatic nitrogens is 2. The van der Waals surface area contributed by atoms with Gasteiger partial charge in [0.05, 0.1) is 20.3 Å². The molecule has 1 aromatic heterocycles. The van der Waals surface area contributed by atoms with Crippen LogP contribution in [0.3, 0.4) is 0 Å². The van der Waals surface area contributed by atoms with Crippen molar-refractivity contribution < 1.29 is 14.2 Å². The zero-order chi connectivity index (χ0) is 14.3. The lowest BCUT2D eigenvalue weighted by Gasteiger charge is -2.24. The van der Waals surface area contributed by atoms with Crippen LogP contribution in [0.15, 0.2) is 6.07 Å². The molecule has 0 amide bonds. The van der Waals surface area contributed by atoms with Crippen molar-refractivity contribution in [3.05, 3.63) is 6.07 Å². The molecule has 0 fully saturated rings. The van der Waals surface area contributed by atoms with Crippen molar-refractivity contribution in [1.29, 1.82) is 0 Å². The summed E-state index contributed by atoms with van der Waals surface area (Å²) in [5, 5.41) is 3.21. The van der Waals surface area contributed by atoms with E-state index in [0.717, 1.165) is 19.6 Å². The SMILES string of the molecule is COCCC(C)(C)CNc1nc(OC)cc(OC)n1. The minimum Gasteiger partial charge on any atom is -0.481 e.